The third-order valence-electron chi connectivity index (χ3n) is 3.89. The third-order valence-corrected chi connectivity index (χ3v) is 5.17. The van der Waals surface area contributed by atoms with Crippen LogP contribution < -0.4 is 10.0 Å². The number of hydrogen-bond donors (Lipinski definition) is 2. The summed E-state index contributed by atoms with van der Waals surface area (Å²) in [4.78, 5) is 7.56. The number of anilines is 1. The minimum Gasteiger partial charge on any atom is -0.381 e. The van der Waals surface area contributed by atoms with Gasteiger partial charge in [-0.05, 0) is 5.56 Å². The number of hydrogen-bond acceptors (Lipinski definition) is 4. The Labute approximate surface area is 145 Å². The first kappa shape index (κ1) is 15.4. The average Bonchev–Trinajstić information content (AvgIpc) is 3.05. The van der Waals surface area contributed by atoms with Crippen molar-refractivity contribution in [2.75, 3.05) is 4.31 Å². The van der Waals surface area contributed by atoms with Gasteiger partial charge in [0.25, 0.3) is 0 Å². The number of nitrogens with zero attached hydrogens (tertiary/aromatic N) is 3. The molecule has 126 valence electrons. The van der Waals surface area contributed by atoms with E-state index in [0.717, 1.165) is 15.4 Å². The number of imidazole rings is 1. The molecule has 25 heavy (non-hydrogen) atoms. The fourth-order valence-corrected chi connectivity index (χ4v) is 3.79. The van der Waals surface area contributed by atoms with Crippen molar-refractivity contribution in [2.24, 2.45) is 10.1 Å². The molecule has 0 spiro atoms. The highest BCUT2D eigenvalue weighted by molar-refractivity contribution is 7.91. The molecule has 0 saturated heterocycles. The van der Waals surface area contributed by atoms with E-state index in [9.17, 15) is 8.42 Å². The van der Waals surface area contributed by atoms with Crippen LogP contribution in [-0.2, 0) is 16.8 Å². The summed E-state index contributed by atoms with van der Waals surface area (Å²) >= 11 is 0. The van der Waals surface area contributed by atoms with Gasteiger partial charge in [-0.3, -0.25) is 0 Å². The summed E-state index contributed by atoms with van der Waals surface area (Å²) in [6.07, 6.45) is 0. The van der Waals surface area contributed by atoms with E-state index in [1.807, 2.05) is 60.7 Å². The number of aromatic amines is 1. The zero-order chi connectivity index (χ0) is 17.4. The quantitative estimate of drug-likeness (QED) is 0.752. The number of nitrogens with two attached hydrogens (primary N) is 1. The molecule has 0 fully saturated rings. The van der Waals surface area contributed by atoms with Crippen molar-refractivity contribution in [1.29, 1.82) is 0 Å². The van der Waals surface area contributed by atoms with Crippen LogP contribution >= 0.6 is 0 Å². The molecular formula is C17H15N5O2S. The number of fused-ring (bicyclic) bond motifs is 1. The summed E-state index contributed by atoms with van der Waals surface area (Å²) in [6, 6.07) is 18.7. The second-order valence-corrected chi connectivity index (χ2v) is 7.12. The van der Waals surface area contributed by atoms with Crippen LogP contribution in [0.15, 0.2) is 65.1 Å². The van der Waals surface area contributed by atoms with Gasteiger partial charge in [0.15, 0.2) is 11.7 Å². The molecule has 0 amide bonds. The average molecular weight is 353 g/mol. The van der Waals surface area contributed by atoms with Crippen molar-refractivity contribution in [2.45, 2.75) is 6.54 Å². The second kappa shape index (κ2) is 5.75. The zero-order valence-electron chi connectivity index (χ0n) is 13.1. The van der Waals surface area contributed by atoms with Crippen LogP contribution in [-0.4, -0.2) is 24.2 Å². The van der Waals surface area contributed by atoms with Gasteiger partial charge in [0.2, 0.25) is 0 Å². The summed E-state index contributed by atoms with van der Waals surface area (Å²) in [5.74, 6) is 0.711. The monoisotopic (exact) mass is 353 g/mol. The first-order valence-corrected chi connectivity index (χ1v) is 9.02. The molecule has 0 bridgehead atoms. The lowest BCUT2D eigenvalue weighted by atomic mass is 10.2. The molecule has 0 unspecified atom stereocenters. The topological polar surface area (TPSA) is 104 Å². The van der Waals surface area contributed by atoms with Crippen molar-refractivity contribution < 1.29 is 8.42 Å². The summed E-state index contributed by atoms with van der Waals surface area (Å²) in [7, 11) is -3.94. The lowest BCUT2D eigenvalue weighted by Crippen LogP contribution is -2.36. The van der Waals surface area contributed by atoms with E-state index in [1.165, 1.54) is 0 Å². The van der Waals surface area contributed by atoms with Crippen LogP contribution in [0.1, 0.15) is 11.3 Å². The molecule has 3 N–H and O–H groups in total. The molecule has 1 aromatic heterocycles. The molecule has 2 heterocycles. The normalized spacial score (nSPS) is 15.5. The Balaban J connectivity index is 1.82. The largest absolute Gasteiger partial charge is 0.381 e. The number of rotatable bonds is 3. The summed E-state index contributed by atoms with van der Waals surface area (Å²) < 4.78 is 29.8. The minimum absolute atomic E-state index is 0.0889. The van der Waals surface area contributed by atoms with Gasteiger partial charge in [0, 0.05) is 5.56 Å². The molecule has 2 aromatic carbocycles. The van der Waals surface area contributed by atoms with Gasteiger partial charge in [-0.15, -0.1) is 4.40 Å². The summed E-state index contributed by atoms with van der Waals surface area (Å²) in [5, 5.41) is 0. The predicted molar refractivity (Wildman–Crippen MR) is 96.3 cm³/mol. The van der Waals surface area contributed by atoms with Crippen LogP contribution in [0.5, 0.6) is 0 Å². The first-order chi connectivity index (χ1) is 12.0. The highest BCUT2D eigenvalue weighted by Gasteiger charge is 2.34. The lowest BCUT2D eigenvalue weighted by Gasteiger charge is -2.24. The maximum absolute atomic E-state index is 12.5. The Hall–Kier alpha value is -3.13. The van der Waals surface area contributed by atoms with Crippen LogP contribution in [0.2, 0.25) is 0 Å². The smallest absolute Gasteiger partial charge is 0.348 e. The van der Waals surface area contributed by atoms with Crippen LogP contribution in [0, 0.1) is 0 Å². The van der Waals surface area contributed by atoms with Crippen molar-refractivity contribution in [3.63, 3.8) is 0 Å². The van der Waals surface area contributed by atoms with E-state index >= 15 is 0 Å². The van der Waals surface area contributed by atoms with Crippen molar-refractivity contribution >= 4 is 21.9 Å². The number of nitrogens with one attached hydrogen (secondary N) is 1. The Bertz CT molecular complexity index is 1040. The highest BCUT2D eigenvalue weighted by Crippen LogP contribution is 2.31. The highest BCUT2D eigenvalue weighted by atomic mass is 32.2. The van der Waals surface area contributed by atoms with Gasteiger partial charge in [-0.1, -0.05) is 60.7 Å². The van der Waals surface area contributed by atoms with Gasteiger partial charge in [0.1, 0.15) is 11.5 Å². The Morgan fingerprint density at radius 1 is 1.00 bits per heavy atom. The molecule has 0 aliphatic carbocycles. The molecule has 1 aliphatic rings. The molecule has 8 heteroatoms. The maximum Gasteiger partial charge on any atom is 0.348 e. The molecule has 3 aromatic rings. The fraction of sp³-hybridized carbons (Fsp3) is 0.0588. The zero-order valence-corrected chi connectivity index (χ0v) is 13.9. The van der Waals surface area contributed by atoms with Crippen molar-refractivity contribution in [3.8, 4) is 11.4 Å². The Morgan fingerprint density at radius 3 is 2.32 bits per heavy atom. The van der Waals surface area contributed by atoms with Gasteiger partial charge < -0.3 is 10.7 Å². The molecule has 7 nitrogen and oxygen atoms in total. The van der Waals surface area contributed by atoms with Crippen LogP contribution in [0.25, 0.3) is 11.4 Å². The van der Waals surface area contributed by atoms with Gasteiger partial charge in [-0.25, -0.2) is 9.29 Å². The number of benzene rings is 2. The van der Waals surface area contributed by atoms with Crippen molar-refractivity contribution in [3.05, 3.63) is 71.9 Å². The van der Waals surface area contributed by atoms with Gasteiger partial charge in [0.05, 0.1) is 6.54 Å². The van der Waals surface area contributed by atoms with E-state index in [1.54, 1.807) is 0 Å². The maximum atomic E-state index is 12.5. The Morgan fingerprint density at radius 2 is 1.64 bits per heavy atom. The summed E-state index contributed by atoms with van der Waals surface area (Å²) in [6.45, 7) is 0.131. The standard InChI is InChI=1S/C17H15N5O2S/c18-15-14-17(20-16(19-14)13-9-5-2-6-10-13)22(25(23,24)21-15)11-12-7-3-1-4-8-12/h1-10H,11H2,(H2,18,21)(H,19,20). The fourth-order valence-electron chi connectivity index (χ4n) is 2.69. The summed E-state index contributed by atoms with van der Waals surface area (Å²) in [5.41, 5.74) is 7.91. The molecule has 4 rings (SSSR count). The van der Waals surface area contributed by atoms with Gasteiger partial charge >= 0.3 is 10.2 Å². The third kappa shape index (κ3) is 2.76. The van der Waals surface area contributed by atoms with E-state index in [4.69, 9.17) is 5.73 Å². The SMILES string of the molecule is NC1=NS(=O)(=O)N(Cc2ccccc2)c2nc(-c3ccccc3)[nH]c21. The molecule has 0 saturated carbocycles. The molecular weight excluding hydrogens is 338 g/mol. The number of aromatic nitrogens is 2. The lowest BCUT2D eigenvalue weighted by molar-refractivity contribution is 0.591. The first-order valence-electron chi connectivity index (χ1n) is 7.62. The van der Waals surface area contributed by atoms with Crippen molar-refractivity contribution in [1.82, 2.24) is 9.97 Å². The van der Waals surface area contributed by atoms with E-state index in [0.29, 0.717) is 11.5 Å². The van der Waals surface area contributed by atoms with E-state index < -0.39 is 10.2 Å². The van der Waals surface area contributed by atoms with Gasteiger partial charge in [-0.2, -0.15) is 8.42 Å². The van der Waals surface area contributed by atoms with E-state index in [-0.39, 0.29) is 18.2 Å². The van der Waals surface area contributed by atoms with Crippen LogP contribution in [0.3, 0.4) is 0 Å². The number of amidine groups is 1. The Kier molecular flexibility index (Phi) is 3.54. The van der Waals surface area contributed by atoms with Crippen LogP contribution in [0.4, 0.5) is 5.82 Å². The predicted octanol–water partition coefficient (Wildman–Crippen LogP) is 2.05. The molecule has 0 radical (unpaired) electrons. The number of H-pyrrole nitrogens is 1. The van der Waals surface area contributed by atoms with E-state index in [2.05, 4.69) is 14.4 Å². The minimum atomic E-state index is -3.94. The second-order valence-electron chi connectivity index (χ2n) is 5.60. The molecule has 0 atom stereocenters. The molecule has 1 aliphatic heterocycles.